The highest BCUT2D eigenvalue weighted by Crippen LogP contribution is 2.32. The van der Waals surface area contributed by atoms with Crippen LogP contribution in [0.2, 0.25) is 0 Å². The fourth-order valence-electron chi connectivity index (χ4n) is 3.49. The second-order valence-corrected chi connectivity index (χ2v) is 8.56. The number of benzene rings is 2. The lowest BCUT2D eigenvalue weighted by Gasteiger charge is -2.16. The molecule has 4 rings (SSSR count). The molecule has 0 fully saturated rings. The molecule has 0 bridgehead atoms. The van der Waals surface area contributed by atoms with Crippen LogP contribution in [-0.2, 0) is 19.4 Å². The molecule has 1 aliphatic carbocycles. The van der Waals surface area contributed by atoms with E-state index in [1.54, 1.807) is 17.6 Å². The van der Waals surface area contributed by atoms with Crippen molar-refractivity contribution < 1.29 is 9.53 Å². The number of fused-ring (bicyclic) bond motifs is 1. The maximum Gasteiger partial charge on any atom is 0.281 e. The number of hydrazone groups is 1. The van der Waals surface area contributed by atoms with Crippen LogP contribution in [0, 0.1) is 5.92 Å². The zero-order chi connectivity index (χ0) is 20.1. The third-order valence-corrected chi connectivity index (χ3v) is 6.31. The highest BCUT2D eigenvalue weighted by molar-refractivity contribution is 7.14. The van der Waals surface area contributed by atoms with Crippen molar-refractivity contribution in [2.45, 2.75) is 32.8 Å². The average Bonchev–Trinajstić information content (AvgIpc) is 3.17. The summed E-state index contributed by atoms with van der Waals surface area (Å²) in [5.41, 5.74) is 5.90. The number of ether oxygens (including phenoxy) is 1. The van der Waals surface area contributed by atoms with Gasteiger partial charge in [-0.25, -0.2) is 5.43 Å². The number of hydrogen-bond acceptors (Lipinski definition) is 4. The van der Waals surface area contributed by atoms with Crippen molar-refractivity contribution in [2.24, 2.45) is 11.0 Å². The van der Waals surface area contributed by atoms with Crippen molar-refractivity contribution >= 4 is 23.5 Å². The standard InChI is InChI=1S/C24H24N2O2S/c1-17-11-12-22-20(13-17)14-23(29-22)24(27)26-25-15-19-9-5-6-10-21(19)28-16-18-7-3-2-4-8-18/h2-10,14-15,17H,11-13,16H2,1H3,(H,26,27)/b25-15+. The molecule has 0 aliphatic heterocycles. The van der Waals surface area contributed by atoms with Gasteiger partial charge < -0.3 is 4.74 Å². The Labute approximate surface area is 175 Å². The number of amides is 1. The second kappa shape index (κ2) is 9.05. The lowest BCUT2D eigenvalue weighted by Crippen LogP contribution is -2.16. The Bertz CT molecular complexity index is 1010. The summed E-state index contributed by atoms with van der Waals surface area (Å²) in [7, 11) is 0. The molecule has 1 N–H and O–H groups in total. The van der Waals surface area contributed by atoms with Crippen LogP contribution in [0.4, 0.5) is 0 Å². The van der Waals surface area contributed by atoms with E-state index in [-0.39, 0.29) is 5.91 Å². The van der Waals surface area contributed by atoms with Crippen LogP contribution in [0.15, 0.2) is 65.8 Å². The fraction of sp³-hybridized carbons (Fsp3) is 0.250. The first-order valence-corrected chi connectivity index (χ1v) is 10.7. The molecule has 1 amide bonds. The lowest BCUT2D eigenvalue weighted by molar-refractivity contribution is 0.0959. The van der Waals surface area contributed by atoms with Crippen LogP contribution in [0.3, 0.4) is 0 Å². The molecular weight excluding hydrogens is 380 g/mol. The van der Waals surface area contributed by atoms with Crippen molar-refractivity contribution in [1.82, 2.24) is 5.43 Å². The second-order valence-electron chi connectivity index (χ2n) is 7.42. The molecule has 0 saturated heterocycles. The maximum atomic E-state index is 12.5. The summed E-state index contributed by atoms with van der Waals surface area (Å²) in [5.74, 6) is 1.27. The number of hydrogen-bond donors (Lipinski definition) is 1. The summed E-state index contributed by atoms with van der Waals surface area (Å²) in [5, 5.41) is 4.16. The van der Waals surface area contributed by atoms with E-state index >= 15 is 0 Å². The molecule has 29 heavy (non-hydrogen) atoms. The number of nitrogens with zero attached hydrogens (tertiary/aromatic N) is 1. The van der Waals surface area contributed by atoms with E-state index in [0.29, 0.717) is 12.5 Å². The maximum absolute atomic E-state index is 12.5. The zero-order valence-corrected chi connectivity index (χ0v) is 17.2. The minimum atomic E-state index is -0.156. The van der Waals surface area contributed by atoms with Gasteiger partial charge in [0, 0.05) is 10.4 Å². The molecule has 1 heterocycles. The number of aryl methyl sites for hydroxylation is 1. The van der Waals surface area contributed by atoms with Gasteiger partial charge in [0.05, 0.1) is 11.1 Å². The van der Waals surface area contributed by atoms with Crippen LogP contribution in [0.1, 0.15) is 44.6 Å². The highest BCUT2D eigenvalue weighted by atomic mass is 32.1. The van der Waals surface area contributed by atoms with Crippen LogP contribution in [0.25, 0.3) is 0 Å². The Morgan fingerprint density at radius 2 is 2.00 bits per heavy atom. The molecule has 0 spiro atoms. The predicted octanol–water partition coefficient (Wildman–Crippen LogP) is 5.22. The third-order valence-electron chi connectivity index (χ3n) is 5.08. The van der Waals surface area contributed by atoms with Crippen molar-refractivity contribution in [3.8, 4) is 5.75 Å². The number of carbonyl (C=O) groups excluding carboxylic acids is 1. The average molecular weight is 405 g/mol. The van der Waals surface area contributed by atoms with E-state index in [1.807, 2.05) is 60.7 Å². The molecule has 1 atom stereocenters. The van der Waals surface area contributed by atoms with Gasteiger partial charge in [-0.2, -0.15) is 5.10 Å². The molecule has 1 unspecified atom stereocenters. The molecule has 1 aromatic heterocycles. The van der Waals surface area contributed by atoms with Crippen LogP contribution in [0.5, 0.6) is 5.75 Å². The summed E-state index contributed by atoms with van der Waals surface area (Å²) in [6.45, 7) is 2.75. The first-order chi connectivity index (χ1) is 14.2. The van der Waals surface area contributed by atoms with Gasteiger partial charge >= 0.3 is 0 Å². The van der Waals surface area contributed by atoms with Gasteiger partial charge in [-0.15, -0.1) is 11.3 Å². The van der Waals surface area contributed by atoms with Gasteiger partial charge in [0.25, 0.3) is 5.91 Å². The molecule has 4 nitrogen and oxygen atoms in total. The number of carbonyl (C=O) groups is 1. The summed E-state index contributed by atoms with van der Waals surface area (Å²) in [6.07, 6.45) is 4.97. The van der Waals surface area contributed by atoms with Gasteiger partial charge in [0.2, 0.25) is 0 Å². The quantitative estimate of drug-likeness (QED) is 0.453. The smallest absolute Gasteiger partial charge is 0.281 e. The molecule has 0 saturated carbocycles. The van der Waals surface area contributed by atoms with Gasteiger partial charge in [-0.3, -0.25) is 4.79 Å². The highest BCUT2D eigenvalue weighted by Gasteiger charge is 2.20. The number of para-hydroxylation sites is 1. The minimum absolute atomic E-state index is 0.156. The van der Waals surface area contributed by atoms with Crippen molar-refractivity contribution in [2.75, 3.05) is 0 Å². The molecule has 0 radical (unpaired) electrons. The molecule has 1 aliphatic rings. The normalized spacial score (nSPS) is 15.8. The van der Waals surface area contributed by atoms with Gasteiger partial charge in [-0.1, -0.05) is 49.4 Å². The van der Waals surface area contributed by atoms with Crippen LogP contribution in [-0.4, -0.2) is 12.1 Å². The van der Waals surface area contributed by atoms with E-state index in [2.05, 4.69) is 17.5 Å². The van der Waals surface area contributed by atoms with E-state index < -0.39 is 0 Å². The first-order valence-electron chi connectivity index (χ1n) is 9.90. The lowest BCUT2D eigenvalue weighted by atomic mass is 9.90. The Hall–Kier alpha value is -2.92. The summed E-state index contributed by atoms with van der Waals surface area (Å²) in [6, 6.07) is 19.7. The van der Waals surface area contributed by atoms with Crippen LogP contribution < -0.4 is 10.2 Å². The molecule has 5 heteroatoms. The van der Waals surface area contributed by atoms with Crippen molar-refractivity contribution in [1.29, 1.82) is 0 Å². The third kappa shape index (κ3) is 4.93. The summed E-state index contributed by atoms with van der Waals surface area (Å²) in [4.78, 5) is 14.6. The predicted molar refractivity (Wildman–Crippen MR) is 118 cm³/mol. The Morgan fingerprint density at radius 1 is 1.21 bits per heavy atom. The Kier molecular flexibility index (Phi) is 6.06. The number of nitrogens with one attached hydrogen (secondary N) is 1. The summed E-state index contributed by atoms with van der Waals surface area (Å²) >= 11 is 1.59. The number of thiophene rings is 1. The Balaban J connectivity index is 1.39. The van der Waals surface area contributed by atoms with Crippen molar-refractivity contribution in [3.63, 3.8) is 0 Å². The van der Waals surface area contributed by atoms with Gasteiger partial charge in [0.15, 0.2) is 0 Å². The molecule has 3 aromatic rings. The first kappa shape index (κ1) is 19.4. The summed E-state index contributed by atoms with van der Waals surface area (Å²) < 4.78 is 5.93. The zero-order valence-electron chi connectivity index (χ0n) is 16.4. The molecule has 148 valence electrons. The molecular formula is C24H24N2O2S. The SMILES string of the molecule is CC1CCc2sc(C(=O)N/N=C/c3ccccc3OCc3ccccc3)cc2C1. The van der Waals surface area contributed by atoms with Gasteiger partial charge in [0.1, 0.15) is 12.4 Å². The Morgan fingerprint density at radius 3 is 2.86 bits per heavy atom. The van der Waals surface area contributed by atoms with E-state index in [9.17, 15) is 4.79 Å². The fourth-order valence-corrected chi connectivity index (χ4v) is 4.59. The monoisotopic (exact) mass is 404 g/mol. The molecule has 2 aromatic carbocycles. The van der Waals surface area contributed by atoms with Crippen molar-refractivity contribution in [3.05, 3.63) is 87.1 Å². The van der Waals surface area contributed by atoms with Crippen LogP contribution >= 0.6 is 11.3 Å². The van der Waals surface area contributed by atoms with E-state index in [0.717, 1.165) is 34.6 Å². The minimum Gasteiger partial charge on any atom is -0.488 e. The topological polar surface area (TPSA) is 50.7 Å². The van der Waals surface area contributed by atoms with E-state index in [1.165, 1.54) is 16.9 Å². The number of rotatable bonds is 6. The van der Waals surface area contributed by atoms with E-state index in [4.69, 9.17) is 4.74 Å². The van der Waals surface area contributed by atoms with Gasteiger partial charge in [-0.05, 0) is 54.5 Å². The largest absolute Gasteiger partial charge is 0.488 e.